The Morgan fingerprint density at radius 2 is 1.78 bits per heavy atom. The van der Waals surface area contributed by atoms with Gasteiger partial charge in [0.05, 0.1) is 16.2 Å². The summed E-state index contributed by atoms with van der Waals surface area (Å²) in [6.45, 7) is 5.21. The molecular formula is C23H30N6O3. The van der Waals surface area contributed by atoms with Gasteiger partial charge in [-0.15, -0.1) is 0 Å². The molecule has 5 rings (SSSR count). The molecule has 2 saturated heterocycles. The number of carbonyl (C=O) groups excluding carboxylic acids is 1. The van der Waals surface area contributed by atoms with Crippen LogP contribution in [0.1, 0.15) is 79.3 Å². The lowest BCUT2D eigenvalue weighted by Crippen LogP contribution is -2.40. The molecule has 1 aromatic carbocycles. The summed E-state index contributed by atoms with van der Waals surface area (Å²) in [6, 6.07) is 4.72. The quantitative estimate of drug-likeness (QED) is 0.561. The number of aromatic nitrogens is 3. The predicted molar refractivity (Wildman–Crippen MR) is 120 cm³/mol. The lowest BCUT2D eigenvalue weighted by atomic mass is 9.95. The first-order valence-corrected chi connectivity index (χ1v) is 11.7. The van der Waals surface area contributed by atoms with Crippen molar-refractivity contribution in [2.45, 2.75) is 57.3 Å². The summed E-state index contributed by atoms with van der Waals surface area (Å²) >= 11 is 0. The zero-order chi connectivity index (χ0) is 22.2. The van der Waals surface area contributed by atoms with Crippen LogP contribution in [0.2, 0.25) is 0 Å². The Labute approximate surface area is 187 Å². The number of benzene rings is 1. The molecule has 0 bridgehead atoms. The first-order valence-electron chi connectivity index (χ1n) is 11.7. The van der Waals surface area contributed by atoms with Gasteiger partial charge in [-0.05, 0) is 50.5 Å². The molecule has 0 unspecified atom stereocenters. The van der Waals surface area contributed by atoms with Gasteiger partial charge in [0.15, 0.2) is 5.82 Å². The number of carbonyl (C=O) groups is 1. The summed E-state index contributed by atoms with van der Waals surface area (Å²) in [7, 11) is 0. The van der Waals surface area contributed by atoms with E-state index in [4.69, 9.17) is 0 Å². The topological polar surface area (TPSA) is 108 Å². The molecule has 32 heavy (non-hydrogen) atoms. The highest BCUT2D eigenvalue weighted by molar-refractivity contribution is 6.00. The van der Waals surface area contributed by atoms with E-state index in [9.17, 15) is 14.9 Å². The molecule has 1 aromatic heterocycles. The van der Waals surface area contributed by atoms with Crippen LogP contribution in [0.5, 0.6) is 0 Å². The summed E-state index contributed by atoms with van der Waals surface area (Å²) in [5.41, 5.74) is 1.23. The van der Waals surface area contributed by atoms with Crippen molar-refractivity contribution in [3.63, 3.8) is 0 Å². The number of nitro groups is 1. The van der Waals surface area contributed by atoms with Crippen molar-refractivity contribution in [2.75, 3.05) is 31.1 Å². The van der Waals surface area contributed by atoms with E-state index in [2.05, 4.69) is 27.0 Å². The largest absolute Gasteiger partial charge is 0.371 e. The zero-order valence-corrected chi connectivity index (χ0v) is 18.5. The monoisotopic (exact) mass is 438 g/mol. The van der Waals surface area contributed by atoms with Crippen molar-refractivity contribution in [1.29, 1.82) is 0 Å². The van der Waals surface area contributed by atoms with E-state index >= 15 is 0 Å². The number of rotatable bonds is 5. The average Bonchev–Trinajstić information content (AvgIpc) is 3.55. The van der Waals surface area contributed by atoms with Gasteiger partial charge in [0.1, 0.15) is 5.82 Å². The van der Waals surface area contributed by atoms with Gasteiger partial charge in [-0.2, -0.15) is 5.10 Å². The first-order chi connectivity index (χ1) is 15.5. The number of nitro benzene ring substituents is 1. The van der Waals surface area contributed by atoms with Crippen LogP contribution >= 0.6 is 0 Å². The SMILES string of the molecule is CC1CCN(c2ccc([N+](=O)[O-])cc2C(=O)N2CCC(c3nc(C4CC4)n[nH]3)CC2)CC1. The fourth-order valence-corrected chi connectivity index (χ4v) is 4.86. The number of hydrogen-bond donors (Lipinski definition) is 1. The Morgan fingerprint density at radius 1 is 1.06 bits per heavy atom. The van der Waals surface area contributed by atoms with Crippen LogP contribution in [0.25, 0.3) is 0 Å². The van der Waals surface area contributed by atoms with Gasteiger partial charge in [0.25, 0.3) is 11.6 Å². The maximum atomic E-state index is 13.5. The van der Waals surface area contributed by atoms with Crippen LogP contribution in [0, 0.1) is 16.0 Å². The maximum Gasteiger partial charge on any atom is 0.270 e. The van der Waals surface area contributed by atoms with Gasteiger partial charge < -0.3 is 9.80 Å². The third-order valence-corrected chi connectivity index (χ3v) is 7.18. The van der Waals surface area contributed by atoms with E-state index in [1.54, 1.807) is 6.07 Å². The van der Waals surface area contributed by atoms with E-state index in [-0.39, 0.29) is 17.5 Å². The minimum absolute atomic E-state index is 0.0355. The minimum atomic E-state index is -0.424. The highest BCUT2D eigenvalue weighted by Gasteiger charge is 2.32. The molecule has 3 fully saturated rings. The van der Waals surface area contributed by atoms with Crippen LogP contribution < -0.4 is 4.90 Å². The molecule has 3 heterocycles. The fourth-order valence-electron chi connectivity index (χ4n) is 4.86. The number of anilines is 1. The second-order valence-electron chi connectivity index (χ2n) is 9.55. The van der Waals surface area contributed by atoms with Gasteiger partial charge in [0, 0.05) is 50.1 Å². The van der Waals surface area contributed by atoms with E-state index in [1.165, 1.54) is 25.0 Å². The summed E-state index contributed by atoms with van der Waals surface area (Å²) in [4.78, 5) is 33.2. The Morgan fingerprint density at radius 3 is 2.44 bits per heavy atom. The van der Waals surface area contributed by atoms with Crippen molar-refractivity contribution in [3.05, 3.63) is 45.5 Å². The van der Waals surface area contributed by atoms with Gasteiger partial charge in [0.2, 0.25) is 0 Å². The van der Waals surface area contributed by atoms with E-state index < -0.39 is 4.92 Å². The normalized spacial score (nSPS) is 20.5. The van der Waals surface area contributed by atoms with Crippen molar-refractivity contribution in [3.8, 4) is 0 Å². The number of aromatic amines is 1. The molecule has 170 valence electrons. The predicted octanol–water partition coefficient (Wildman–Crippen LogP) is 3.85. The number of nitrogens with zero attached hydrogens (tertiary/aromatic N) is 5. The molecule has 1 N–H and O–H groups in total. The van der Waals surface area contributed by atoms with Crippen LogP contribution in [-0.2, 0) is 0 Å². The second-order valence-corrected chi connectivity index (χ2v) is 9.55. The first kappa shape index (κ1) is 20.9. The van der Waals surface area contributed by atoms with Crippen molar-refractivity contribution in [1.82, 2.24) is 20.1 Å². The number of nitrogens with one attached hydrogen (secondary N) is 1. The van der Waals surface area contributed by atoms with Crippen molar-refractivity contribution < 1.29 is 9.72 Å². The lowest BCUT2D eigenvalue weighted by Gasteiger charge is -2.35. The van der Waals surface area contributed by atoms with Crippen molar-refractivity contribution in [2.24, 2.45) is 5.92 Å². The van der Waals surface area contributed by atoms with E-state index in [0.29, 0.717) is 30.5 Å². The van der Waals surface area contributed by atoms with Crippen LogP contribution in [0.15, 0.2) is 18.2 Å². The fraction of sp³-hybridized carbons (Fsp3) is 0.609. The van der Waals surface area contributed by atoms with Gasteiger partial charge in [-0.3, -0.25) is 20.0 Å². The molecule has 2 aliphatic heterocycles. The van der Waals surface area contributed by atoms with E-state index in [1.807, 2.05) is 4.90 Å². The number of piperidine rings is 2. The minimum Gasteiger partial charge on any atom is -0.371 e. The molecule has 3 aliphatic rings. The van der Waals surface area contributed by atoms with Crippen molar-refractivity contribution >= 4 is 17.3 Å². The summed E-state index contributed by atoms with van der Waals surface area (Å²) in [6.07, 6.45) is 6.11. The van der Waals surface area contributed by atoms with Gasteiger partial charge in [-0.1, -0.05) is 6.92 Å². The third kappa shape index (κ3) is 4.20. The third-order valence-electron chi connectivity index (χ3n) is 7.18. The maximum absolute atomic E-state index is 13.5. The molecule has 1 amide bonds. The second kappa shape index (κ2) is 8.52. The summed E-state index contributed by atoms with van der Waals surface area (Å²) in [5.74, 6) is 3.20. The molecule has 0 atom stereocenters. The zero-order valence-electron chi connectivity index (χ0n) is 18.5. The van der Waals surface area contributed by atoms with Crippen LogP contribution in [-0.4, -0.2) is 57.1 Å². The number of non-ortho nitro benzene ring substituents is 1. The Hall–Kier alpha value is -2.97. The highest BCUT2D eigenvalue weighted by atomic mass is 16.6. The smallest absolute Gasteiger partial charge is 0.270 e. The number of amides is 1. The molecule has 0 spiro atoms. The Kier molecular flexibility index (Phi) is 5.57. The average molecular weight is 439 g/mol. The van der Waals surface area contributed by atoms with Gasteiger partial charge in [-0.25, -0.2) is 4.98 Å². The molecule has 9 heteroatoms. The molecule has 0 radical (unpaired) electrons. The number of likely N-dealkylation sites (tertiary alicyclic amines) is 1. The molecule has 9 nitrogen and oxygen atoms in total. The molecular weight excluding hydrogens is 408 g/mol. The Bertz CT molecular complexity index is 1000. The van der Waals surface area contributed by atoms with Gasteiger partial charge >= 0.3 is 0 Å². The summed E-state index contributed by atoms with van der Waals surface area (Å²) in [5, 5.41) is 18.9. The van der Waals surface area contributed by atoms with Crippen LogP contribution in [0.3, 0.4) is 0 Å². The number of H-pyrrole nitrogens is 1. The highest BCUT2D eigenvalue weighted by Crippen LogP contribution is 2.39. The standard InChI is InChI=1S/C23H30N6O3/c1-15-6-10-27(11-7-15)20-5-4-18(29(31)32)14-19(20)23(30)28-12-8-17(9-13-28)22-24-21(25-26-22)16-2-3-16/h4-5,14-17H,2-3,6-13H2,1H3,(H,24,25,26). The molecule has 1 aliphatic carbocycles. The van der Waals surface area contributed by atoms with E-state index in [0.717, 1.165) is 56.1 Å². The summed E-state index contributed by atoms with van der Waals surface area (Å²) < 4.78 is 0. The van der Waals surface area contributed by atoms with Crippen LogP contribution in [0.4, 0.5) is 11.4 Å². The molecule has 1 saturated carbocycles. The Balaban J connectivity index is 1.31. The number of hydrogen-bond acceptors (Lipinski definition) is 6. The lowest BCUT2D eigenvalue weighted by molar-refractivity contribution is -0.384. The molecule has 2 aromatic rings.